The fraction of sp³-hybridized carbons (Fsp3) is 0.923. The summed E-state index contributed by atoms with van der Waals surface area (Å²) in [4.78, 5) is 11.3. The van der Waals surface area contributed by atoms with Crippen LogP contribution in [0.15, 0.2) is 0 Å². The van der Waals surface area contributed by atoms with E-state index in [-0.39, 0.29) is 11.3 Å². The lowest BCUT2D eigenvalue weighted by Gasteiger charge is -2.48. The van der Waals surface area contributed by atoms with Gasteiger partial charge >= 0.3 is 5.97 Å². The highest BCUT2D eigenvalue weighted by Gasteiger charge is 2.53. The minimum Gasteiger partial charge on any atom is -0.481 e. The second-order valence-corrected chi connectivity index (χ2v) is 6.52. The van der Waals surface area contributed by atoms with Crippen LogP contribution in [0, 0.1) is 22.7 Å². The Morgan fingerprint density at radius 1 is 1.38 bits per heavy atom. The van der Waals surface area contributed by atoms with E-state index in [0.717, 1.165) is 25.8 Å². The van der Waals surface area contributed by atoms with Crippen LogP contribution in [0.25, 0.3) is 0 Å². The maximum Gasteiger partial charge on any atom is 0.308 e. The molecule has 16 heavy (non-hydrogen) atoms. The third kappa shape index (κ3) is 1.75. The standard InChI is InChI=1S/C13H23NO2/c1-9-6-12(2,3)4-5-13(9)8-14-7-10(13)11(15)16/h9-10,14H,4-8H2,1-3H3,(H,15,16). The molecule has 2 fully saturated rings. The molecule has 3 unspecified atom stereocenters. The number of carboxylic acids is 1. The van der Waals surface area contributed by atoms with E-state index in [1.807, 2.05) is 0 Å². The molecular formula is C13H23NO2. The average molecular weight is 225 g/mol. The van der Waals surface area contributed by atoms with Gasteiger partial charge in [-0.2, -0.15) is 0 Å². The molecule has 0 aromatic heterocycles. The molecule has 0 aromatic rings. The fourth-order valence-electron chi connectivity index (χ4n) is 3.84. The van der Waals surface area contributed by atoms with Gasteiger partial charge in [-0.3, -0.25) is 4.79 Å². The number of rotatable bonds is 1. The third-order valence-corrected chi connectivity index (χ3v) is 4.90. The van der Waals surface area contributed by atoms with Gasteiger partial charge in [-0.05, 0) is 36.0 Å². The molecule has 0 amide bonds. The van der Waals surface area contributed by atoms with Crippen molar-refractivity contribution in [2.24, 2.45) is 22.7 Å². The molecule has 2 aliphatic rings. The molecule has 1 aliphatic heterocycles. The van der Waals surface area contributed by atoms with E-state index in [1.165, 1.54) is 0 Å². The molecular weight excluding hydrogens is 202 g/mol. The van der Waals surface area contributed by atoms with Crippen LogP contribution in [0.1, 0.15) is 40.0 Å². The predicted molar refractivity (Wildman–Crippen MR) is 63.2 cm³/mol. The van der Waals surface area contributed by atoms with Gasteiger partial charge in [-0.1, -0.05) is 20.8 Å². The third-order valence-electron chi connectivity index (χ3n) is 4.90. The molecule has 0 radical (unpaired) electrons. The van der Waals surface area contributed by atoms with E-state index in [4.69, 9.17) is 0 Å². The lowest BCUT2D eigenvalue weighted by atomic mass is 9.56. The van der Waals surface area contributed by atoms with Crippen molar-refractivity contribution in [1.82, 2.24) is 5.32 Å². The summed E-state index contributed by atoms with van der Waals surface area (Å²) in [6.45, 7) is 8.38. The Morgan fingerprint density at radius 2 is 2.06 bits per heavy atom. The number of aliphatic carboxylic acids is 1. The lowest BCUT2D eigenvalue weighted by molar-refractivity contribution is -0.148. The zero-order valence-electron chi connectivity index (χ0n) is 10.5. The molecule has 1 saturated heterocycles. The average Bonchev–Trinajstić information content (AvgIpc) is 2.57. The Morgan fingerprint density at radius 3 is 2.62 bits per heavy atom. The van der Waals surface area contributed by atoms with Crippen LogP contribution in [0.3, 0.4) is 0 Å². The van der Waals surface area contributed by atoms with Crippen LogP contribution in [0.2, 0.25) is 0 Å². The Bertz CT molecular complexity index is 300. The van der Waals surface area contributed by atoms with Gasteiger partial charge in [0.15, 0.2) is 0 Å². The van der Waals surface area contributed by atoms with Crippen LogP contribution in [-0.4, -0.2) is 24.2 Å². The van der Waals surface area contributed by atoms with Crippen LogP contribution >= 0.6 is 0 Å². The first kappa shape index (κ1) is 11.9. The molecule has 1 heterocycles. The molecule has 0 bridgehead atoms. The Kier molecular flexibility index (Phi) is 2.77. The first-order chi connectivity index (χ1) is 7.37. The van der Waals surface area contributed by atoms with E-state index < -0.39 is 5.97 Å². The van der Waals surface area contributed by atoms with E-state index in [2.05, 4.69) is 26.1 Å². The summed E-state index contributed by atoms with van der Waals surface area (Å²) in [5, 5.41) is 12.6. The Labute approximate surface area is 97.6 Å². The summed E-state index contributed by atoms with van der Waals surface area (Å²) >= 11 is 0. The summed E-state index contributed by atoms with van der Waals surface area (Å²) in [5.74, 6) is -0.289. The van der Waals surface area contributed by atoms with Gasteiger partial charge in [-0.15, -0.1) is 0 Å². The first-order valence-electron chi connectivity index (χ1n) is 6.31. The summed E-state index contributed by atoms with van der Waals surface area (Å²) in [7, 11) is 0. The highest BCUT2D eigenvalue weighted by Crippen LogP contribution is 2.53. The fourth-order valence-corrected chi connectivity index (χ4v) is 3.84. The van der Waals surface area contributed by atoms with Crippen molar-refractivity contribution in [3.63, 3.8) is 0 Å². The van der Waals surface area contributed by atoms with Gasteiger partial charge in [0.2, 0.25) is 0 Å². The first-order valence-corrected chi connectivity index (χ1v) is 6.31. The number of hydrogen-bond donors (Lipinski definition) is 2. The molecule has 2 N–H and O–H groups in total. The quantitative estimate of drug-likeness (QED) is 0.718. The van der Waals surface area contributed by atoms with Crippen molar-refractivity contribution in [2.45, 2.75) is 40.0 Å². The van der Waals surface area contributed by atoms with Crippen LogP contribution in [-0.2, 0) is 4.79 Å². The zero-order valence-corrected chi connectivity index (χ0v) is 10.5. The highest BCUT2D eigenvalue weighted by atomic mass is 16.4. The van der Waals surface area contributed by atoms with Crippen molar-refractivity contribution in [2.75, 3.05) is 13.1 Å². The number of carboxylic acid groups (broad SMARTS) is 1. The number of nitrogens with one attached hydrogen (secondary N) is 1. The van der Waals surface area contributed by atoms with Crippen molar-refractivity contribution in [3.8, 4) is 0 Å². The van der Waals surface area contributed by atoms with Crippen molar-refractivity contribution < 1.29 is 9.90 Å². The van der Waals surface area contributed by atoms with Gasteiger partial charge in [0, 0.05) is 13.1 Å². The summed E-state index contributed by atoms with van der Waals surface area (Å²) in [6, 6.07) is 0. The maximum absolute atomic E-state index is 11.3. The molecule has 92 valence electrons. The zero-order chi connectivity index (χ0) is 12.0. The SMILES string of the molecule is CC1CC(C)(C)CCC12CNCC2C(=O)O. The largest absolute Gasteiger partial charge is 0.481 e. The molecule has 1 aliphatic carbocycles. The van der Waals surface area contributed by atoms with Gasteiger partial charge in [0.05, 0.1) is 5.92 Å². The van der Waals surface area contributed by atoms with Crippen LogP contribution in [0.5, 0.6) is 0 Å². The summed E-state index contributed by atoms with van der Waals surface area (Å²) in [6.07, 6.45) is 3.37. The van der Waals surface area contributed by atoms with Crippen molar-refractivity contribution in [3.05, 3.63) is 0 Å². The molecule has 1 saturated carbocycles. The predicted octanol–water partition coefficient (Wildman–Crippen LogP) is 2.12. The Balaban J connectivity index is 2.22. The number of hydrogen-bond acceptors (Lipinski definition) is 2. The highest BCUT2D eigenvalue weighted by molar-refractivity contribution is 5.72. The second kappa shape index (κ2) is 3.73. The van der Waals surface area contributed by atoms with E-state index in [9.17, 15) is 9.90 Å². The van der Waals surface area contributed by atoms with Gasteiger partial charge in [-0.25, -0.2) is 0 Å². The molecule has 0 aromatic carbocycles. The van der Waals surface area contributed by atoms with E-state index in [0.29, 0.717) is 17.9 Å². The molecule has 1 spiro atoms. The summed E-state index contributed by atoms with van der Waals surface area (Å²) < 4.78 is 0. The second-order valence-electron chi connectivity index (χ2n) is 6.52. The number of carbonyl (C=O) groups is 1. The summed E-state index contributed by atoms with van der Waals surface area (Å²) in [5.41, 5.74) is 0.400. The molecule has 3 heteroatoms. The lowest BCUT2D eigenvalue weighted by Crippen LogP contribution is -2.46. The Hall–Kier alpha value is -0.570. The van der Waals surface area contributed by atoms with E-state index in [1.54, 1.807) is 0 Å². The normalized spacial score (nSPS) is 42.4. The topological polar surface area (TPSA) is 49.3 Å². The smallest absolute Gasteiger partial charge is 0.308 e. The van der Waals surface area contributed by atoms with Gasteiger partial charge in [0.1, 0.15) is 0 Å². The molecule has 3 atom stereocenters. The maximum atomic E-state index is 11.3. The van der Waals surface area contributed by atoms with E-state index >= 15 is 0 Å². The van der Waals surface area contributed by atoms with Crippen molar-refractivity contribution in [1.29, 1.82) is 0 Å². The van der Waals surface area contributed by atoms with Crippen molar-refractivity contribution >= 4 is 5.97 Å². The monoisotopic (exact) mass is 225 g/mol. The van der Waals surface area contributed by atoms with Crippen LogP contribution < -0.4 is 5.32 Å². The minimum atomic E-state index is -0.614. The van der Waals surface area contributed by atoms with Gasteiger partial charge < -0.3 is 10.4 Å². The molecule has 3 nitrogen and oxygen atoms in total. The van der Waals surface area contributed by atoms with Gasteiger partial charge in [0.25, 0.3) is 0 Å². The van der Waals surface area contributed by atoms with Crippen LogP contribution in [0.4, 0.5) is 0 Å². The molecule has 2 rings (SSSR count). The minimum absolute atomic E-state index is 0.0152.